The van der Waals surface area contributed by atoms with E-state index in [1.807, 2.05) is 66.7 Å². The lowest BCUT2D eigenvalue weighted by Gasteiger charge is -2.32. The van der Waals surface area contributed by atoms with Gasteiger partial charge in [0.25, 0.3) is 0 Å². The Bertz CT molecular complexity index is 1240. The minimum Gasteiger partial charge on any atom is -0.354 e. The smallest absolute Gasteiger partial charge is 0.229 e. The van der Waals surface area contributed by atoms with E-state index in [0.29, 0.717) is 11.6 Å². The van der Waals surface area contributed by atoms with Crippen LogP contribution in [0.2, 0.25) is 5.02 Å². The lowest BCUT2D eigenvalue weighted by atomic mass is 9.96. The fraction of sp³-hybridized carbons (Fsp3) is 0.192. The molecule has 1 fully saturated rings. The van der Waals surface area contributed by atoms with Gasteiger partial charge in [0, 0.05) is 34.7 Å². The van der Waals surface area contributed by atoms with Gasteiger partial charge in [0.2, 0.25) is 5.91 Å². The molecule has 0 bridgehead atoms. The van der Waals surface area contributed by atoms with E-state index in [1.165, 1.54) is 0 Å². The van der Waals surface area contributed by atoms with E-state index >= 15 is 0 Å². The van der Waals surface area contributed by atoms with Crippen molar-refractivity contribution in [3.63, 3.8) is 0 Å². The first-order chi connectivity index (χ1) is 15.7. The summed E-state index contributed by atoms with van der Waals surface area (Å²) in [5.41, 5.74) is 2.63. The standard InChI is InChI=1S/C26H23ClN4O/c27-21-12-10-19(11-13-21)23-14-15-25(30-29-23)31-16-4-7-20(17-31)26(32)28-24-9-3-6-18-5-1-2-8-22(18)24/h1-3,5-6,8-15,20H,4,7,16-17H2,(H,28,32). The summed E-state index contributed by atoms with van der Waals surface area (Å²) in [6.07, 6.45) is 1.80. The second kappa shape index (κ2) is 8.97. The maximum atomic E-state index is 13.1. The number of rotatable bonds is 4. The molecule has 0 saturated carbocycles. The molecule has 3 aromatic carbocycles. The molecule has 160 valence electrons. The Labute approximate surface area is 192 Å². The Morgan fingerprint density at radius 1 is 0.938 bits per heavy atom. The van der Waals surface area contributed by atoms with Crippen molar-refractivity contribution in [3.05, 3.63) is 83.9 Å². The van der Waals surface area contributed by atoms with Crippen LogP contribution in [0.25, 0.3) is 22.0 Å². The summed E-state index contributed by atoms with van der Waals surface area (Å²) in [5.74, 6) is 0.752. The molecular formula is C26H23ClN4O. The van der Waals surface area contributed by atoms with Gasteiger partial charge in [-0.25, -0.2) is 0 Å². The van der Waals surface area contributed by atoms with Crippen LogP contribution in [0, 0.1) is 5.92 Å². The molecule has 2 heterocycles. The lowest BCUT2D eigenvalue weighted by molar-refractivity contribution is -0.120. The third-order valence-corrected chi connectivity index (χ3v) is 6.21. The molecule has 0 spiro atoms. The maximum absolute atomic E-state index is 13.1. The summed E-state index contributed by atoms with van der Waals surface area (Å²) >= 11 is 5.97. The van der Waals surface area contributed by atoms with Crippen molar-refractivity contribution in [1.29, 1.82) is 0 Å². The molecule has 4 aromatic rings. The molecule has 1 amide bonds. The zero-order valence-electron chi connectivity index (χ0n) is 17.5. The molecule has 1 atom stereocenters. The molecule has 1 saturated heterocycles. The first-order valence-corrected chi connectivity index (χ1v) is 11.2. The van der Waals surface area contributed by atoms with Crippen LogP contribution < -0.4 is 10.2 Å². The third-order valence-electron chi connectivity index (χ3n) is 5.95. The highest BCUT2D eigenvalue weighted by Crippen LogP contribution is 2.27. The summed E-state index contributed by atoms with van der Waals surface area (Å²) in [5, 5.41) is 14.8. The van der Waals surface area contributed by atoms with E-state index in [2.05, 4.69) is 32.5 Å². The minimum absolute atomic E-state index is 0.0526. The Morgan fingerprint density at radius 3 is 2.56 bits per heavy atom. The molecule has 32 heavy (non-hydrogen) atoms. The van der Waals surface area contributed by atoms with Crippen LogP contribution >= 0.6 is 11.6 Å². The van der Waals surface area contributed by atoms with Crippen LogP contribution in [-0.4, -0.2) is 29.2 Å². The second-order valence-corrected chi connectivity index (χ2v) is 8.52. The molecule has 5 nitrogen and oxygen atoms in total. The number of halogens is 1. The second-order valence-electron chi connectivity index (χ2n) is 8.08. The van der Waals surface area contributed by atoms with Gasteiger partial charge in [-0.05, 0) is 48.6 Å². The van der Waals surface area contributed by atoms with E-state index in [1.54, 1.807) is 0 Å². The number of aromatic nitrogens is 2. The molecule has 1 unspecified atom stereocenters. The number of amides is 1. The van der Waals surface area contributed by atoms with Gasteiger partial charge in [-0.2, -0.15) is 0 Å². The van der Waals surface area contributed by atoms with E-state index in [4.69, 9.17) is 11.6 Å². The number of anilines is 2. The van der Waals surface area contributed by atoms with Crippen LogP contribution in [0.1, 0.15) is 12.8 Å². The molecule has 0 aliphatic carbocycles. The molecule has 5 rings (SSSR count). The van der Waals surface area contributed by atoms with Gasteiger partial charge in [-0.15, -0.1) is 10.2 Å². The van der Waals surface area contributed by atoms with Crippen LogP contribution in [0.15, 0.2) is 78.9 Å². The predicted octanol–water partition coefficient (Wildman–Crippen LogP) is 5.81. The van der Waals surface area contributed by atoms with Crippen molar-refractivity contribution in [1.82, 2.24) is 10.2 Å². The van der Waals surface area contributed by atoms with Crippen molar-refractivity contribution < 1.29 is 4.79 Å². The average molecular weight is 443 g/mol. The Morgan fingerprint density at radius 2 is 1.75 bits per heavy atom. The third kappa shape index (κ3) is 4.30. The first-order valence-electron chi connectivity index (χ1n) is 10.8. The van der Waals surface area contributed by atoms with Gasteiger partial charge >= 0.3 is 0 Å². The SMILES string of the molecule is O=C(Nc1cccc2ccccc12)C1CCCN(c2ccc(-c3ccc(Cl)cc3)nn2)C1. The van der Waals surface area contributed by atoms with E-state index in [9.17, 15) is 4.79 Å². The summed E-state index contributed by atoms with van der Waals surface area (Å²) in [6.45, 7) is 1.50. The van der Waals surface area contributed by atoms with Crippen molar-refractivity contribution >= 4 is 39.8 Å². The summed E-state index contributed by atoms with van der Waals surface area (Å²) < 4.78 is 0. The maximum Gasteiger partial charge on any atom is 0.229 e. The summed E-state index contributed by atoms with van der Waals surface area (Å²) in [4.78, 5) is 15.2. The van der Waals surface area contributed by atoms with E-state index in [0.717, 1.165) is 52.9 Å². The Kier molecular flexibility index (Phi) is 5.73. The molecule has 6 heteroatoms. The number of nitrogens with zero attached hydrogens (tertiary/aromatic N) is 3. The molecule has 0 radical (unpaired) electrons. The molecule has 1 aliphatic rings. The average Bonchev–Trinajstić information content (AvgIpc) is 2.85. The highest BCUT2D eigenvalue weighted by Gasteiger charge is 2.27. The number of carbonyl (C=O) groups is 1. The number of carbonyl (C=O) groups excluding carboxylic acids is 1. The number of hydrogen-bond donors (Lipinski definition) is 1. The normalized spacial score (nSPS) is 16.2. The van der Waals surface area contributed by atoms with Crippen molar-refractivity contribution in [2.24, 2.45) is 5.92 Å². The number of fused-ring (bicyclic) bond motifs is 1. The number of nitrogens with one attached hydrogen (secondary N) is 1. The quantitative estimate of drug-likeness (QED) is 0.433. The lowest BCUT2D eigenvalue weighted by Crippen LogP contribution is -2.41. The number of benzene rings is 3. The Hall–Kier alpha value is -3.44. The van der Waals surface area contributed by atoms with Crippen LogP contribution in [0.3, 0.4) is 0 Å². The summed E-state index contributed by atoms with van der Waals surface area (Å²) in [6, 6.07) is 25.6. The van der Waals surface area contributed by atoms with Crippen molar-refractivity contribution in [2.75, 3.05) is 23.3 Å². The minimum atomic E-state index is -0.0968. The van der Waals surface area contributed by atoms with Gasteiger partial charge < -0.3 is 10.2 Å². The van der Waals surface area contributed by atoms with Crippen molar-refractivity contribution in [2.45, 2.75) is 12.8 Å². The number of piperidine rings is 1. The first kappa shape index (κ1) is 20.5. The molecule has 1 aliphatic heterocycles. The van der Waals surface area contributed by atoms with E-state index in [-0.39, 0.29) is 11.8 Å². The summed E-state index contributed by atoms with van der Waals surface area (Å²) in [7, 11) is 0. The van der Waals surface area contributed by atoms with Gasteiger partial charge in [0.1, 0.15) is 0 Å². The van der Waals surface area contributed by atoms with Crippen LogP contribution in [0.4, 0.5) is 11.5 Å². The molecular weight excluding hydrogens is 420 g/mol. The highest BCUT2D eigenvalue weighted by molar-refractivity contribution is 6.30. The molecule has 1 aromatic heterocycles. The monoisotopic (exact) mass is 442 g/mol. The highest BCUT2D eigenvalue weighted by atomic mass is 35.5. The topological polar surface area (TPSA) is 58.1 Å². The van der Waals surface area contributed by atoms with E-state index < -0.39 is 0 Å². The van der Waals surface area contributed by atoms with Crippen LogP contribution in [0.5, 0.6) is 0 Å². The zero-order chi connectivity index (χ0) is 21.9. The van der Waals surface area contributed by atoms with Gasteiger partial charge in [0.05, 0.1) is 11.6 Å². The zero-order valence-corrected chi connectivity index (χ0v) is 18.3. The van der Waals surface area contributed by atoms with Crippen molar-refractivity contribution in [3.8, 4) is 11.3 Å². The largest absolute Gasteiger partial charge is 0.354 e. The predicted molar refractivity (Wildman–Crippen MR) is 130 cm³/mol. The van der Waals surface area contributed by atoms with Crippen LogP contribution in [-0.2, 0) is 4.79 Å². The number of hydrogen-bond acceptors (Lipinski definition) is 4. The van der Waals surface area contributed by atoms with Gasteiger partial charge in [-0.3, -0.25) is 4.79 Å². The fourth-order valence-corrected chi connectivity index (χ4v) is 4.36. The van der Waals surface area contributed by atoms with Gasteiger partial charge in [-0.1, -0.05) is 60.1 Å². The molecule has 1 N–H and O–H groups in total. The fourth-order valence-electron chi connectivity index (χ4n) is 4.24. The van der Waals surface area contributed by atoms with Gasteiger partial charge in [0.15, 0.2) is 5.82 Å². The Balaban J connectivity index is 1.28.